The number of H-pyrrole nitrogens is 1. The molecule has 300 valence electrons. The standard InChI is InChI=1S/C46H48N4O8/c1-29-15-17-32(18-16-29)46(31-11-7-6-8-12-31,33-19-21-34(56-5)22-20-33)57-28-39-38(51)25-40(58-39)50-27-36(42(53)48-44(50)55)41(52)47-24-23-30-26-49(43(54)45(2,3)4)37-14-10-9-13-35(30)37/h6-22,26-27,38-40,51H,23-25,28H2,1-5H3,(H,47,52)(H,48,53,55)/t38?,39-,40-,46?/m1/s1. The fourth-order valence-corrected chi connectivity index (χ4v) is 7.53. The predicted octanol–water partition coefficient (Wildman–Crippen LogP) is 6.12. The topological polar surface area (TPSA) is 154 Å². The number of nitrogens with zero attached hydrogens (tertiary/aromatic N) is 2. The van der Waals surface area contributed by atoms with Crippen molar-refractivity contribution < 1.29 is 28.9 Å². The maximum absolute atomic E-state index is 13.4. The highest BCUT2D eigenvalue weighted by molar-refractivity contribution is 5.96. The third-order valence-electron chi connectivity index (χ3n) is 10.7. The van der Waals surface area contributed by atoms with Crippen LogP contribution in [0, 0.1) is 12.3 Å². The first-order valence-electron chi connectivity index (χ1n) is 19.3. The Morgan fingerprint density at radius 2 is 1.52 bits per heavy atom. The van der Waals surface area contributed by atoms with Crippen LogP contribution >= 0.6 is 0 Å². The second-order valence-corrected chi connectivity index (χ2v) is 15.7. The number of aryl methyl sites for hydroxylation is 1. The highest BCUT2D eigenvalue weighted by Crippen LogP contribution is 2.42. The van der Waals surface area contributed by atoms with Gasteiger partial charge in [0.15, 0.2) is 0 Å². The number of methoxy groups -OCH3 is 1. The van der Waals surface area contributed by atoms with Gasteiger partial charge in [-0.1, -0.05) is 111 Å². The maximum Gasteiger partial charge on any atom is 0.330 e. The zero-order valence-electron chi connectivity index (χ0n) is 33.2. The van der Waals surface area contributed by atoms with Crippen LogP contribution in [-0.2, 0) is 21.5 Å². The number of aliphatic hydroxyl groups excluding tert-OH is 1. The minimum absolute atomic E-state index is 0.00376. The van der Waals surface area contributed by atoms with E-state index in [4.69, 9.17) is 14.2 Å². The number of aromatic nitrogens is 3. The van der Waals surface area contributed by atoms with Gasteiger partial charge in [-0.15, -0.1) is 0 Å². The summed E-state index contributed by atoms with van der Waals surface area (Å²) in [6.45, 7) is 7.68. The third-order valence-corrected chi connectivity index (χ3v) is 10.7. The molecule has 2 unspecified atom stereocenters. The molecule has 0 aliphatic carbocycles. The van der Waals surface area contributed by atoms with Crippen LogP contribution in [0.4, 0.5) is 0 Å². The molecule has 2 aromatic heterocycles. The molecule has 4 atom stereocenters. The van der Waals surface area contributed by atoms with Gasteiger partial charge in [0.2, 0.25) is 5.91 Å². The van der Waals surface area contributed by atoms with Gasteiger partial charge in [0, 0.05) is 36.2 Å². The Balaban J connectivity index is 1.10. The first-order chi connectivity index (χ1) is 27.8. The van der Waals surface area contributed by atoms with E-state index in [1.165, 1.54) is 6.20 Å². The van der Waals surface area contributed by atoms with Crippen molar-refractivity contribution in [2.75, 3.05) is 20.3 Å². The molecule has 4 aromatic carbocycles. The average molecular weight is 785 g/mol. The molecule has 3 heterocycles. The van der Waals surface area contributed by atoms with Gasteiger partial charge in [0.05, 0.1) is 25.3 Å². The lowest BCUT2D eigenvalue weighted by molar-refractivity contribution is -0.0944. The lowest BCUT2D eigenvalue weighted by Crippen LogP contribution is -2.39. The molecule has 1 fully saturated rings. The minimum atomic E-state index is -1.13. The number of fused-ring (bicyclic) bond motifs is 1. The van der Waals surface area contributed by atoms with Gasteiger partial charge in [-0.2, -0.15) is 0 Å². The molecular weight excluding hydrogens is 737 g/mol. The highest BCUT2D eigenvalue weighted by Gasteiger charge is 2.42. The van der Waals surface area contributed by atoms with Gasteiger partial charge in [-0.05, 0) is 53.8 Å². The number of benzene rings is 4. The molecule has 12 heteroatoms. The van der Waals surface area contributed by atoms with E-state index in [2.05, 4.69) is 10.3 Å². The number of aromatic amines is 1. The molecule has 0 saturated carbocycles. The van der Waals surface area contributed by atoms with Gasteiger partial charge < -0.3 is 24.6 Å². The molecule has 1 aliphatic heterocycles. The van der Waals surface area contributed by atoms with Crippen LogP contribution in [0.5, 0.6) is 5.75 Å². The van der Waals surface area contributed by atoms with Crippen molar-refractivity contribution in [2.45, 2.75) is 64.6 Å². The summed E-state index contributed by atoms with van der Waals surface area (Å²) >= 11 is 0. The van der Waals surface area contributed by atoms with E-state index in [9.17, 15) is 24.3 Å². The second kappa shape index (κ2) is 16.4. The molecule has 0 bridgehead atoms. The van der Waals surface area contributed by atoms with Gasteiger partial charge in [-0.25, -0.2) is 4.79 Å². The van der Waals surface area contributed by atoms with Crippen LogP contribution in [0.3, 0.4) is 0 Å². The average Bonchev–Trinajstić information content (AvgIpc) is 3.78. The lowest BCUT2D eigenvalue weighted by atomic mass is 9.79. The number of amides is 1. The van der Waals surface area contributed by atoms with E-state index in [0.717, 1.165) is 43.3 Å². The van der Waals surface area contributed by atoms with Crippen molar-refractivity contribution in [3.8, 4) is 5.75 Å². The summed E-state index contributed by atoms with van der Waals surface area (Å²) in [6, 6.07) is 33.0. The fourth-order valence-electron chi connectivity index (χ4n) is 7.53. The number of nitrogens with one attached hydrogen (secondary N) is 2. The third kappa shape index (κ3) is 7.91. The second-order valence-electron chi connectivity index (χ2n) is 15.7. The van der Waals surface area contributed by atoms with Crippen LogP contribution in [0.1, 0.15) is 76.4 Å². The number of hydrogen-bond acceptors (Lipinski definition) is 8. The Labute approximate surface area is 336 Å². The van der Waals surface area contributed by atoms with Crippen molar-refractivity contribution in [3.63, 3.8) is 0 Å². The summed E-state index contributed by atoms with van der Waals surface area (Å²) in [5, 5.41) is 15.0. The summed E-state index contributed by atoms with van der Waals surface area (Å²) in [4.78, 5) is 55.0. The van der Waals surface area contributed by atoms with E-state index in [1.807, 2.05) is 131 Å². The molecule has 1 saturated heterocycles. The van der Waals surface area contributed by atoms with E-state index < -0.39 is 46.6 Å². The van der Waals surface area contributed by atoms with Crippen LogP contribution in [0.2, 0.25) is 0 Å². The zero-order valence-corrected chi connectivity index (χ0v) is 33.2. The number of para-hydroxylation sites is 1. The predicted molar refractivity (Wildman–Crippen MR) is 220 cm³/mol. The van der Waals surface area contributed by atoms with Crippen molar-refractivity contribution in [1.29, 1.82) is 0 Å². The van der Waals surface area contributed by atoms with Crippen LogP contribution in [-0.4, -0.2) is 63.5 Å². The van der Waals surface area contributed by atoms with Gasteiger partial charge >= 0.3 is 5.69 Å². The number of carbonyl (C=O) groups excluding carboxylic acids is 2. The molecule has 0 spiro atoms. The minimum Gasteiger partial charge on any atom is -0.497 e. The summed E-state index contributed by atoms with van der Waals surface area (Å²) < 4.78 is 21.4. The fraction of sp³-hybridized carbons (Fsp3) is 0.304. The van der Waals surface area contributed by atoms with E-state index in [1.54, 1.807) is 17.9 Å². The van der Waals surface area contributed by atoms with Crippen LogP contribution in [0.25, 0.3) is 10.9 Å². The molecule has 1 amide bonds. The molecular formula is C46H48N4O8. The highest BCUT2D eigenvalue weighted by atomic mass is 16.6. The quantitative estimate of drug-likeness (QED) is 0.126. The van der Waals surface area contributed by atoms with Crippen molar-refractivity contribution in [3.05, 3.63) is 170 Å². The number of ether oxygens (including phenoxy) is 3. The monoisotopic (exact) mass is 784 g/mol. The molecule has 3 N–H and O–H groups in total. The molecule has 1 aliphatic rings. The number of hydrogen-bond donors (Lipinski definition) is 3. The van der Waals surface area contributed by atoms with Crippen LogP contribution in [0.15, 0.2) is 125 Å². The summed E-state index contributed by atoms with van der Waals surface area (Å²) in [6.07, 6.45) is 0.430. The van der Waals surface area contributed by atoms with E-state index >= 15 is 0 Å². The molecule has 7 rings (SSSR count). The Bertz CT molecular complexity index is 2530. The summed E-state index contributed by atoms with van der Waals surface area (Å²) in [5.41, 5.74) is 1.59. The Kier molecular flexibility index (Phi) is 11.4. The van der Waals surface area contributed by atoms with Crippen molar-refractivity contribution in [2.24, 2.45) is 5.41 Å². The lowest BCUT2D eigenvalue weighted by Gasteiger charge is -2.37. The van der Waals surface area contributed by atoms with E-state index in [0.29, 0.717) is 12.2 Å². The Hall–Kier alpha value is -6.08. The number of rotatable bonds is 12. The summed E-state index contributed by atoms with van der Waals surface area (Å²) in [5.74, 6) is -0.0583. The largest absolute Gasteiger partial charge is 0.497 e. The van der Waals surface area contributed by atoms with Crippen molar-refractivity contribution in [1.82, 2.24) is 19.4 Å². The van der Waals surface area contributed by atoms with Gasteiger partial charge in [0.25, 0.3) is 11.5 Å². The van der Waals surface area contributed by atoms with Crippen molar-refractivity contribution >= 4 is 22.7 Å². The zero-order chi connectivity index (χ0) is 41.2. The normalized spacial score (nSPS) is 17.9. The first kappa shape index (κ1) is 40.1. The van der Waals surface area contributed by atoms with Gasteiger partial charge in [-0.3, -0.25) is 28.5 Å². The maximum atomic E-state index is 13.4. The van der Waals surface area contributed by atoms with E-state index in [-0.39, 0.29) is 31.0 Å². The first-order valence-corrected chi connectivity index (χ1v) is 19.3. The SMILES string of the molecule is COc1ccc(C(OC[C@H]2O[C@@H](n3cc(C(=O)NCCc4cn(C(=O)C(C)(C)C)c5ccccc45)c(=O)[nH]c3=O)CC2O)(c2ccccc2)c2ccc(C)cc2)cc1. The van der Waals surface area contributed by atoms with Crippen LogP contribution < -0.4 is 21.3 Å². The number of aliphatic hydroxyl groups is 1. The smallest absolute Gasteiger partial charge is 0.330 e. The van der Waals surface area contributed by atoms with Gasteiger partial charge in [0.1, 0.15) is 29.2 Å². The number of carbonyl (C=O) groups is 2. The Morgan fingerprint density at radius 3 is 2.19 bits per heavy atom. The Morgan fingerprint density at radius 1 is 0.879 bits per heavy atom. The molecule has 6 aromatic rings. The molecule has 12 nitrogen and oxygen atoms in total. The molecule has 0 radical (unpaired) electrons. The summed E-state index contributed by atoms with van der Waals surface area (Å²) in [7, 11) is 1.61. The molecule has 58 heavy (non-hydrogen) atoms.